The van der Waals surface area contributed by atoms with Crippen molar-refractivity contribution in [2.45, 2.75) is 39.2 Å². The van der Waals surface area contributed by atoms with Gasteiger partial charge >= 0.3 is 0 Å². The number of piperazine rings is 1. The molecule has 4 nitrogen and oxygen atoms in total. The lowest BCUT2D eigenvalue weighted by atomic mass is 9.95. The van der Waals surface area contributed by atoms with E-state index >= 15 is 0 Å². The van der Waals surface area contributed by atoms with Gasteiger partial charge in [0.2, 0.25) is 5.91 Å². The number of fused-ring (bicyclic) bond motifs is 1. The number of carbonyl (C=O) groups excluding carboxylic acids is 1. The number of rotatable bonds is 6. The van der Waals surface area contributed by atoms with Crippen LogP contribution in [0.1, 0.15) is 41.3 Å². The molecule has 0 radical (unpaired) electrons. The van der Waals surface area contributed by atoms with Crippen LogP contribution in [0.4, 0.5) is 5.00 Å². The molecule has 0 bridgehead atoms. The summed E-state index contributed by atoms with van der Waals surface area (Å²) in [5.74, 6) is 0.0549. The lowest BCUT2D eigenvalue weighted by Crippen LogP contribution is -3.27. The number of thiophene rings is 1. The molecule has 1 fully saturated rings. The van der Waals surface area contributed by atoms with E-state index in [1.807, 2.05) is 11.3 Å². The second kappa shape index (κ2) is 9.70. The highest BCUT2D eigenvalue weighted by molar-refractivity contribution is 7.16. The standard InChI is InChI=1S/C24H31N3OS/c1-19(28)25-24-22(21-11-5-6-12-23(21)29-24)18-27-16-14-26(15-17-27)13-7-10-20-8-3-2-4-9-20/h2-4,7-10H,5-6,11-18H2,1H3,(H,25,28)/p+2/b10-7+. The maximum atomic E-state index is 11.7. The third-order valence-electron chi connectivity index (χ3n) is 6.18. The van der Waals surface area contributed by atoms with Crippen LogP contribution in [0.25, 0.3) is 6.08 Å². The Balaban J connectivity index is 1.33. The minimum atomic E-state index is 0.0549. The van der Waals surface area contributed by atoms with Gasteiger partial charge < -0.3 is 15.1 Å². The zero-order valence-electron chi connectivity index (χ0n) is 17.4. The fourth-order valence-corrected chi connectivity index (χ4v) is 5.95. The number of hydrogen-bond donors (Lipinski definition) is 3. The van der Waals surface area contributed by atoms with Crippen molar-refractivity contribution in [3.05, 3.63) is 58.0 Å². The van der Waals surface area contributed by atoms with Gasteiger partial charge in [0, 0.05) is 17.4 Å². The average molecular weight is 412 g/mol. The van der Waals surface area contributed by atoms with Crippen molar-refractivity contribution >= 4 is 28.3 Å². The van der Waals surface area contributed by atoms with Gasteiger partial charge in [-0.05, 0) is 42.9 Å². The summed E-state index contributed by atoms with van der Waals surface area (Å²) in [4.78, 5) is 16.6. The van der Waals surface area contributed by atoms with Crippen molar-refractivity contribution in [2.24, 2.45) is 0 Å². The van der Waals surface area contributed by atoms with E-state index in [9.17, 15) is 4.79 Å². The fraction of sp³-hybridized carbons (Fsp3) is 0.458. The minimum absolute atomic E-state index is 0.0549. The summed E-state index contributed by atoms with van der Waals surface area (Å²) in [6, 6.07) is 10.6. The van der Waals surface area contributed by atoms with Gasteiger partial charge in [-0.3, -0.25) is 4.79 Å². The van der Waals surface area contributed by atoms with E-state index in [0.717, 1.165) is 18.1 Å². The summed E-state index contributed by atoms with van der Waals surface area (Å²) >= 11 is 1.83. The van der Waals surface area contributed by atoms with Crippen molar-refractivity contribution in [1.29, 1.82) is 0 Å². The van der Waals surface area contributed by atoms with E-state index in [-0.39, 0.29) is 5.91 Å². The van der Waals surface area contributed by atoms with E-state index in [1.54, 1.807) is 22.3 Å². The smallest absolute Gasteiger partial charge is 0.221 e. The molecule has 2 aromatic rings. The van der Waals surface area contributed by atoms with Gasteiger partial charge in [-0.15, -0.1) is 11.3 Å². The number of amides is 1. The van der Waals surface area contributed by atoms with E-state index in [2.05, 4.69) is 47.8 Å². The molecular formula is C24H33N3OS+2. The van der Waals surface area contributed by atoms with Gasteiger partial charge in [-0.2, -0.15) is 0 Å². The van der Waals surface area contributed by atoms with Gasteiger partial charge in [0.1, 0.15) is 37.7 Å². The van der Waals surface area contributed by atoms with E-state index in [0.29, 0.717) is 0 Å². The van der Waals surface area contributed by atoms with Crippen LogP contribution in [-0.2, 0) is 24.2 Å². The minimum Gasteiger partial charge on any atom is -0.322 e. The van der Waals surface area contributed by atoms with Crippen LogP contribution in [-0.4, -0.2) is 38.6 Å². The number of hydrogen-bond acceptors (Lipinski definition) is 2. The lowest BCUT2D eigenvalue weighted by Gasteiger charge is -2.29. The Morgan fingerprint density at radius 1 is 1.07 bits per heavy atom. The summed E-state index contributed by atoms with van der Waals surface area (Å²) < 4.78 is 0. The molecule has 5 heteroatoms. The largest absolute Gasteiger partial charge is 0.322 e. The zero-order chi connectivity index (χ0) is 20.1. The molecule has 1 aromatic carbocycles. The number of anilines is 1. The number of carbonyl (C=O) groups is 1. The van der Waals surface area contributed by atoms with Crippen LogP contribution >= 0.6 is 11.3 Å². The lowest BCUT2D eigenvalue weighted by molar-refractivity contribution is -1.02. The molecule has 4 rings (SSSR count). The van der Waals surface area contributed by atoms with E-state index < -0.39 is 0 Å². The molecule has 3 N–H and O–H groups in total. The Labute approximate surface area is 178 Å². The summed E-state index contributed by atoms with van der Waals surface area (Å²) in [5.41, 5.74) is 4.27. The number of quaternary nitrogens is 2. The van der Waals surface area contributed by atoms with Crippen molar-refractivity contribution in [3.63, 3.8) is 0 Å². The molecule has 0 atom stereocenters. The quantitative estimate of drug-likeness (QED) is 0.664. The highest BCUT2D eigenvalue weighted by atomic mass is 32.1. The first-order valence-corrected chi connectivity index (χ1v) is 11.8. The normalized spacial score (nSPS) is 21.8. The Hall–Kier alpha value is -1.95. The van der Waals surface area contributed by atoms with Crippen molar-refractivity contribution in [3.8, 4) is 0 Å². The first-order chi connectivity index (χ1) is 14.2. The van der Waals surface area contributed by atoms with Crippen molar-refractivity contribution < 1.29 is 14.6 Å². The number of nitrogens with one attached hydrogen (secondary N) is 3. The van der Waals surface area contributed by atoms with Gasteiger partial charge in [0.05, 0.1) is 6.54 Å². The summed E-state index contributed by atoms with van der Waals surface area (Å²) in [6.07, 6.45) is 9.52. The molecule has 1 saturated heterocycles. The van der Waals surface area contributed by atoms with Crippen LogP contribution in [0.5, 0.6) is 0 Å². The monoisotopic (exact) mass is 411 g/mol. The Kier molecular flexibility index (Phi) is 6.80. The predicted octanol–water partition coefficient (Wildman–Crippen LogP) is 1.58. The van der Waals surface area contributed by atoms with Crippen LogP contribution in [0.2, 0.25) is 0 Å². The topological polar surface area (TPSA) is 38.0 Å². The molecule has 2 heterocycles. The average Bonchev–Trinajstić information content (AvgIpc) is 3.06. The Bertz CT molecular complexity index is 851. The molecule has 0 saturated carbocycles. The van der Waals surface area contributed by atoms with E-state index in [1.165, 1.54) is 67.9 Å². The SMILES string of the molecule is CC(=O)Nc1sc2c(c1C[NH+]1CC[NH+](C/C=C/c3ccccc3)CC1)CCCC2. The Morgan fingerprint density at radius 3 is 2.55 bits per heavy atom. The molecule has 2 aliphatic rings. The van der Waals surface area contributed by atoms with E-state index in [4.69, 9.17) is 0 Å². The summed E-state index contributed by atoms with van der Waals surface area (Å²) in [5, 5.41) is 4.25. The van der Waals surface area contributed by atoms with Gasteiger partial charge in [0.15, 0.2) is 0 Å². The van der Waals surface area contributed by atoms with Crippen LogP contribution < -0.4 is 15.1 Å². The van der Waals surface area contributed by atoms with Crippen molar-refractivity contribution in [1.82, 2.24) is 0 Å². The van der Waals surface area contributed by atoms with Crippen LogP contribution in [0.3, 0.4) is 0 Å². The molecule has 1 aromatic heterocycles. The number of aryl methyl sites for hydroxylation is 1. The highest BCUT2D eigenvalue weighted by Gasteiger charge is 2.27. The molecule has 1 aliphatic carbocycles. The number of benzene rings is 1. The molecule has 154 valence electrons. The first-order valence-electron chi connectivity index (χ1n) is 11.0. The van der Waals surface area contributed by atoms with Crippen molar-refractivity contribution in [2.75, 3.05) is 38.0 Å². The maximum absolute atomic E-state index is 11.7. The van der Waals surface area contributed by atoms with Gasteiger partial charge in [-0.1, -0.05) is 36.4 Å². The Morgan fingerprint density at radius 2 is 1.79 bits per heavy atom. The summed E-state index contributed by atoms with van der Waals surface area (Å²) in [7, 11) is 0. The second-order valence-corrected chi connectivity index (χ2v) is 9.50. The molecule has 0 spiro atoms. The first kappa shape index (κ1) is 20.3. The molecule has 0 unspecified atom stereocenters. The van der Waals surface area contributed by atoms with Crippen LogP contribution in [0, 0.1) is 0 Å². The van der Waals surface area contributed by atoms with Crippen LogP contribution in [0.15, 0.2) is 36.4 Å². The third kappa shape index (κ3) is 5.35. The predicted molar refractivity (Wildman–Crippen MR) is 121 cm³/mol. The van der Waals surface area contributed by atoms with Gasteiger partial charge in [-0.25, -0.2) is 0 Å². The summed E-state index contributed by atoms with van der Waals surface area (Å²) in [6.45, 7) is 8.64. The molecule has 1 aliphatic heterocycles. The van der Waals surface area contributed by atoms with Gasteiger partial charge in [0.25, 0.3) is 0 Å². The fourth-order valence-electron chi connectivity index (χ4n) is 4.59. The molecule has 1 amide bonds. The second-order valence-electron chi connectivity index (χ2n) is 8.39. The highest BCUT2D eigenvalue weighted by Crippen LogP contribution is 2.37. The molecular weight excluding hydrogens is 378 g/mol. The third-order valence-corrected chi connectivity index (χ3v) is 7.43. The molecule has 29 heavy (non-hydrogen) atoms. The maximum Gasteiger partial charge on any atom is 0.221 e. The zero-order valence-corrected chi connectivity index (χ0v) is 18.2.